The number of hydrogen-bond acceptors (Lipinski definition) is 3. The van der Waals surface area contributed by atoms with E-state index in [1.165, 1.54) is 0 Å². The van der Waals surface area contributed by atoms with E-state index in [1.807, 2.05) is 12.1 Å². The van der Waals surface area contributed by atoms with Crippen LogP contribution >= 0.6 is 0 Å². The normalized spacial score (nSPS) is 25.8. The van der Waals surface area contributed by atoms with Crippen molar-refractivity contribution < 1.29 is 4.79 Å². The van der Waals surface area contributed by atoms with Gasteiger partial charge in [0.15, 0.2) is 0 Å². The minimum absolute atomic E-state index is 0.141. The summed E-state index contributed by atoms with van der Waals surface area (Å²) < 4.78 is 0. The lowest BCUT2D eigenvalue weighted by Gasteiger charge is -2.34. The van der Waals surface area contributed by atoms with Gasteiger partial charge in [-0.1, -0.05) is 0 Å². The van der Waals surface area contributed by atoms with Gasteiger partial charge in [0, 0.05) is 39.8 Å². The molecule has 0 aromatic heterocycles. The Balaban J connectivity index is 1.96. The van der Waals surface area contributed by atoms with E-state index >= 15 is 0 Å². The summed E-state index contributed by atoms with van der Waals surface area (Å²) >= 11 is 0. The van der Waals surface area contributed by atoms with Crippen LogP contribution in [0.3, 0.4) is 0 Å². The van der Waals surface area contributed by atoms with Crippen molar-refractivity contribution in [2.24, 2.45) is 0 Å². The first-order chi connectivity index (χ1) is 6.29. The first-order valence-electron chi connectivity index (χ1n) is 4.77. The van der Waals surface area contributed by atoms with E-state index in [4.69, 9.17) is 0 Å². The molecule has 2 aliphatic heterocycles. The van der Waals surface area contributed by atoms with Crippen molar-refractivity contribution in [3.63, 3.8) is 0 Å². The van der Waals surface area contributed by atoms with Gasteiger partial charge in [0.05, 0.1) is 6.54 Å². The second kappa shape index (κ2) is 3.51. The van der Waals surface area contributed by atoms with Crippen LogP contribution in [0.5, 0.6) is 0 Å². The van der Waals surface area contributed by atoms with Crippen molar-refractivity contribution in [2.75, 3.05) is 46.3 Å². The van der Waals surface area contributed by atoms with Crippen LogP contribution in [-0.2, 0) is 0 Å². The zero-order valence-electron chi connectivity index (χ0n) is 7.99. The molecule has 74 valence electrons. The number of rotatable bonds is 1. The summed E-state index contributed by atoms with van der Waals surface area (Å²) in [6.45, 7) is 5.54. The first kappa shape index (κ1) is 8.77. The largest absolute Gasteiger partial charge is 0.334 e. The van der Waals surface area contributed by atoms with Crippen LogP contribution in [-0.4, -0.2) is 67.3 Å². The van der Waals surface area contributed by atoms with Gasteiger partial charge in [-0.05, 0) is 0 Å². The number of nitrogens with zero attached hydrogens (tertiary/aromatic N) is 3. The summed E-state index contributed by atoms with van der Waals surface area (Å²) in [7, 11) is 1.85. The Bertz CT molecular complexity index is 202. The summed E-state index contributed by atoms with van der Waals surface area (Å²) in [5, 5.41) is 7.27. The van der Waals surface area contributed by atoms with E-state index in [9.17, 15) is 4.79 Å². The molecule has 2 saturated heterocycles. The summed E-state index contributed by atoms with van der Waals surface area (Å²) in [4.78, 5) is 13.4. The third-order valence-electron chi connectivity index (χ3n) is 2.63. The van der Waals surface area contributed by atoms with Gasteiger partial charge in [-0.25, -0.2) is 9.80 Å². The molecule has 0 unspecified atom stereocenters. The Hall–Kier alpha value is -0.810. The molecule has 5 heteroatoms. The molecule has 0 aromatic carbocycles. The van der Waals surface area contributed by atoms with Crippen LogP contribution in [0, 0.1) is 0 Å². The fraction of sp³-hybridized carbons (Fsp3) is 0.875. The molecule has 2 fully saturated rings. The molecule has 0 bridgehead atoms. The molecule has 0 radical (unpaired) electrons. The highest BCUT2D eigenvalue weighted by Crippen LogP contribution is 2.10. The Labute approximate surface area is 78.2 Å². The highest BCUT2D eigenvalue weighted by molar-refractivity contribution is 5.75. The van der Waals surface area contributed by atoms with Gasteiger partial charge in [-0.15, -0.1) is 0 Å². The van der Waals surface area contributed by atoms with E-state index in [2.05, 4.69) is 10.3 Å². The summed E-state index contributed by atoms with van der Waals surface area (Å²) in [6, 6.07) is 0.141. The number of carbonyl (C=O) groups excluding carboxylic acids is 1. The molecule has 0 spiro atoms. The van der Waals surface area contributed by atoms with Gasteiger partial charge < -0.3 is 10.2 Å². The summed E-state index contributed by atoms with van der Waals surface area (Å²) in [5.41, 5.74) is 0. The summed E-state index contributed by atoms with van der Waals surface area (Å²) in [5.74, 6) is 0. The zero-order chi connectivity index (χ0) is 9.26. The van der Waals surface area contributed by atoms with Crippen LogP contribution in [0.25, 0.3) is 0 Å². The van der Waals surface area contributed by atoms with Gasteiger partial charge in [-0.2, -0.15) is 0 Å². The molecule has 0 aliphatic carbocycles. The van der Waals surface area contributed by atoms with E-state index in [0.29, 0.717) is 0 Å². The maximum Gasteiger partial charge on any atom is 0.334 e. The average molecular weight is 184 g/mol. The van der Waals surface area contributed by atoms with E-state index < -0.39 is 0 Å². The first-order valence-corrected chi connectivity index (χ1v) is 4.77. The Morgan fingerprint density at radius 1 is 1.15 bits per heavy atom. The minimum atomic E-state index is 0.141. The maximum absolute atomic E-state index is 11.6. The number of piperazine rings is 1. The van der Waals surface area contributed by atoms with Crippen LogP contribution in [0.1, 0.15) is 0 Å². The van der Waals surface area contributed by atoms with Crippen molar-refractivity contribution in [3.8, 4) is 0 Å². The number of urea groups is 1. The van der Waals surface area contributed by atoms with E-state index in [-0.39, 0.29) is 6.03 Å². The summed E-state index contributed by atoms with van der Waals surface area (Å²) in [6.07, 6.45) is 0. The van der Waals surface area contributed by atoms with Crippen LogP contribution in [0.2, 0.25) is 0 Å². The third kappa shape index (κ3) is 1.62. The van der Waals surface area contributed by atoms with Gasteiger partial charge in [-0.3, -0.25) is 5.01 Å². The SMILES string of the molecule is CN1CCN(N2CCNCC2)C1=O. The topological polar surface area (TPSA) is 38.8 Å². The zero-order valence-corrected chi connectivity index (χ0v) is 7.99. The Morgan fingerprint density at radius 2 is 1.85 bits per heavy atom. The predicted octanol–water partition coefficient (Wildman–Crippen LogP) is -0.826. The molecule has 2 rings (SSSR count). The molecular weight excluding hydrogens is 168 g/mol. The van der Waals surface area contributed by atoms with Crippen LogP contribution in [0.15, 0.2) is 0 Å². The lowest BCUT2D eigenvalue weighted by atomic mass is 10.4. The lowest BCUT2D eigenvalue weighted by Crippen LogP contribution is -2.53. The highest BCUT2D eigenvalue weighted by Gasteiger charge is 2.30. The maximum atomic E-state index is 11.6. The number of hydrogen-bond donors (Lipinski definition) is 1. The van der Waals surface area contributed by atoms with Crippen LogP contribution < -0.4 is 5.32 Å². The molecule has 0 atom stereocenters. The van der Waals surface area contributed by atoms with Crippen molar-refractivity contribution >= 4 is 6.03 Å². The molecule has 13 heavy (non-hydrogen) atoms. The molecule has 0 saturated carbocycles. The second-order valence-corrected chi connectivity index (χ2v) is 3.53. The monoisotopic (exact) mass is 184 g/mol. The standard InChI is InChI=1S/C8H16N4O/c1-10-6-7-12(8(10)13)11-4-2-9-3-5-11/h9H,2-7H2,1H3. The van der Waals surface area contributed by atoms with Crippen molar-refractivity contribution in [1.82, 2.24) is 20.2 Å². The fourth-order valence-corrected chi connectivity index (χ4v) is 1.79. The average Bonchev–Trinajstić information content (AvgIpc) is 2.49. The minimum Gasteiger partial charge on any atom is -0.325 e. The highest BCUT2D eigenvalue weighted by atomic mass is 16.2. The Morgan fingerprint density at radius 3 is 2.38 bits per heavy atom. The van der Waals surface area contributed by atoms with Gasteiger partial charge in [0.2, 0.25) is 0 Å². The van der Waals surface area contributed by atoms with Crippen LogP contribution in [0.4, 0.5) is 4.79 Å². The third-order valence-corrected chi connectivity index (χ3v) is 2.63. The lowest BCUT2D eigenvalue weighted by molar-refractivity contribution is 0.0190. The number of hydrazine groups is 1. The van der Waals surface area contributed by atoms with E-state index in [1.54, 1.807) is 4.90 Å². The molecule has 2 heterocycles. The van der Waals surface area contributed by atoms with Gasteiger partial charge in [0.25, 0.3) is 0 Å². The molecule has 2 amide bonds. The molecule has 1 N–H and O–H groups in total. The number of amides is 2. The number of nitrogens with one attached hydrogen (secondary N) is 1. The molecular formula is C8H16N4O. The van der Waals surface area contributed by atoms with Crippen molar-refractivity contribution in [1.29, 1.82) is 0 Å². The molecule has 5 nitrogen and oxygen atoms in total. The molecule has 2 aliphatic rings. The predicted molar refractivity (Wildman–Crippen MR) is 49.2 cm³/mol. The van der Waals surface area contributed by atoms with Crippen molar-refractivity contribution in [2.45, 2.75) is 0 Å². The van der Waals surface area contributed by atoms with E-state index in [0.717, 1.165) is 39.3 Å². The number of likely N-dealkylation sites (N-methyl/N-ethyl adjacent to an activating group) is 1. The smallest absolute Gasteiger partial charge is 0.325 e. The number of carbonyl (C=O) groups is 1. The fourth-order valence-electron chi connectivity index (χ4n) is 1.79. The quantitative estimate of drug-likeness (QED) is 0.578. The van der Waals surface area contributed by atoms with Crippen molar-refractivity contribution in [3.05, 3.63) is 0 Å². The Kier molecular flexibility index (Phi) is 2.37. The second-order valence-electron chi connectivity index (χ2n) is 3.53. The van der Waals surface area contributed by atoms with Gasteiger partial charge in [0.1, 0.15) is 0 Å². The molecule has 0 aromatic rings. The van der Waals surface area contributed by atoms with Gasteiger partial charge >= 0.3 is 6.03 Å².